The maximum Gasteiger partial charge on any atom is 0.221 e. The van der Waals surface area contributed by atoms with Crippen molar-refractivity contribution in [1.82, 2.24) is 10.2 Å². The Labute approximate surface area is 55.3 Å². The molecule has 0 rings (SSSR count). The zero-order valence-corrected chi connectivity index (χ0v) is 6.32. The third-order valence-electron chi connectivity index (χ3n) is 0.477. The number of nitrogens with one attached hydrogen (secondary N) is 2. The van der Waals surface area contributed by atoms with Crippen molar-refractivity contribution >= 4 is 20.7 Å². The lowest BCUT2D eigenvalue weighted by Gasteiger charge is -1.99. The van der Waals surface area contributed by atoms with Gasteiger partial charge < -0.3 is 10.2 Å². The van der Waals surface area contributed by atoms with Gasteiger partial charge in [-0.05, 0) is 0 Å². The van der Waals surface area contributed by atoms with E-state index in [2.05, 4.69) is 10.2 Å². The fourth-order valence-corrected chi connectivity index (χ4v) is 0.622. The van der Waals surface area contributed by atoms with Crippen molar-refractivity contribution < 1.29 is 9.59 Å². The first kappa shape index (κ1) is 8.37. The zero-order chi connectivity index (χ0) is 7.28. The summed E-state index contributed by atoms with van der Waals surface area (Å²) in [7, 11) is -0.00617. The van der Waals surface area contributed by atoms with Crippen LogP contribution < -0.4 is 10.2 Å². The van der Waals surface area contributed by atoms with Crippen molar-refractivity contribution in [3.63, 3.8) is 0 Å². The van der Waals surface area contributed by atoms with Crippen LogP contribution in [0.15, 0.2) is 0 Å². The topological polar surface area (TPSA) is 58.2 Å². The highest BCUT2D eigenvalue weighted by molar-refractivity contribution is 7.35. The Morgan fingerprint density at radius 1 is 1.11 bits per heavy atom. The van der Waals surface area contributed by atoms with Crippen LogP contribution in [0.2, 0.25) is 0 Å². The van der Waals surface area contributed by atoms with Crippen molar-refractivity contribution in [2.45, 2.75) is 13.8 Å². The molecule has 0 atom stereocenters. The predicted molar refractivity (Wildman–Crippen MR) is 35.9 cm³/mol. The maximum absolute atomic E-state index is 10.2. The lowest BCUT2D eigenvalue weighted by Crippen LogP contribution is -2.18. The van der Waals surface area contributed by atoms with Gasteiger partial charge in [-0.3, -0.25) is 9.59 Å². The monoisotopic (exact) mass is 148 g/mol. The second kappa shape index (κ2) is 4.27. The molecule has 2 amide bonds. The quantitative estimate of drug-likeness (QED) is 0.531. The SMILES string of the molecule is CC(=O)NPNC(C)=O. The molecule has 0 heterocycles. The summed E-state index contributed by atoms with van der Waals surface area (Å²) in [5.74, 6) is -0.274. The largest absolute Gasteiger partial charge is 0.321 e. The molecule has 0 spiro atoms. The van der Waals surface area contributed by atoms with Gasteiger partial charge in [0.25, 0.3) is 0 Å². The fraction of sp³-hybridized carbons (Fsp3) is 0.500. The Kier molecular flexibility index (Phi) is 3.97. The van der Waals surface area contributed by atoms with Crippen LogP contribution >= 0.6 is 8.88 Å². The number of hydrogen-bond acceptors (Lipinski definition) is 2. The van der Waals surface area contributed by atoms with Crippen LogP contribution in [0.5, 0.6) is 0 Å². The highest BCUT2D eigenvalue weighted by Gasteiger charge is 1.89. The van der Waals surface area contributed by atoms with E-state index in [1.54, 1.807) is 0 Å². The molecule has 0 aromatic rings. The van der Waals surface area contributed by atoms with Gasteiger partial charge in [-0.25, -0.2) is 0 Å². The molecule has 0 saturated carbocycles. The van der Waals surface area contributed by atoms with Crippen molar-refractivity contribution in [3.05, 3.63) is 0 Å². The first-order chi connectivity index (χ1) is 4.13. The van der Waals surface area contributed by atoms with Crippen molar-refractivity contribution in [1.29, 1.82) is 0 Å². The fourth-order valence-electron chi connectivity index (χ4n) is 0.207. The molecule has 0 bridgehead atoms. The molecule has 9 heavy (non-hydrogen) atoms. The van der Waals surface area contributed by atoms with Gasteiger partial charge in [0.1, 0.15) is 0 Å². The molecule has 0 aromatic heterocycles. The van der Waals surface area contributed by atoms with E-state index < -0.39 is 0 Å². The molecule has 52 valence electrons. The first-order valence-corrected chi connectivity index (χ1v) is 3.41. The van der Waals surface area contributed by atoms with Crippen LogP contribution in [-0.2, 0) is 9.59 Å². The molecule has 5 heteroatoms. The van der Waals surface area contributed by atoms with Crippen LogP contribution in [0.3, 0.4) is 0 Å². The Balaban J connectivity index is 3.10. The Bertz CT molecular complexity index is 112. The van der Waals surface area contributed by atoms with Crippen molar-refractivity contribution in [2.24, 2.45) is 0 Å². The van der Waals surface area contributed by atoms with E-state index in [-0.39, 0.29) is 20.7 Å². The molecule has 0 fully saturated rings. The molecule has 2 N–H and O–H groups in total. The number of rotatable bonds is 2. The summed E-state index contributed by atoms with van der Waals surface area (Å²) in [4.78, 5) is 20.3. The predicted octanol–water partition coefficient (Wildman–Crippen LogP) is -0.233. The maximum atomic E-state index is 10.2. The summed E-state index contributed by atoms with van der Waals surface area (Å²) in [5, 5.41) is 4.87. The Hall–Kier alpha value is -0.630. The standard InChI is InChI=1S/C4H9N2O2P/c1-3(7)5-9-6-4(2)8/h9H,1-2H3,(H,5,7)(H,6,8). The van der Waals surface area contributed by atoms with E-state index in [1.807, 2.05) is 0 Å². The van der Waals surface area contributed by atoms with Gasteiger partial charge in [0.15, 0.2) is 0 Å². The van der Waals surface area contributed by atoms with Gasteiger partial charge in [-0.1, -0.05) is 0 Å². The minimum atomic E-state index is -0.137. The molecule has 0 aliphatic rings. The highest BCUT2D eigenvalue weighted by atomic mass is 31.1. The molecular formula is C4H9N2O2P. The lowest BCUT2D eigenvalue weighted by molar-refractivity contribution is -0.117. The molecule has 0 saturated heterocycles. The smallest absolute Gasteiger partial charge is 0.221 e. The van der Waals surface area contributed by atoms with Crippen LogP contribution in [0.4, 0.5) is 0 Å². The van der Waals surface area contributed by atoms with Gasteiger partial charge >= 0.3 is 0 Å². The summed E-state index contributed by atoms with van der Waals surface area (Å²) in [6.07, 6.45) is 0. The van der Waals surface area contributed by atoms with Gasteiger partial charge in [0, 0.05) is 13.8 Å². The number of carbonyl (C=O) groups is 2. The van der Waals surface area contributed by atoms with Crippen LogP contribution in [0, 0.1) is 0 Å². The molecule has 0 unspecified atom stereocenters. The summed E-state index contributed by atoms with van der Waals surface area (Å²) < 4.78 is 0. The van der Waals surface area contributed by atoms with Crippen LogP contribution in [0.25, 0.3) is 0 Å². The molecule has 0 radical (unpaired) electrons. The minimum absolute atomic E-state index is 0.00617. The van der Waals surface area contributed by atoms with E-state index >= 15 is 0 Å². The third-order valence-corrected chi connectivity index (χ3v) is 1.43. The van der Waals surface area contributed by atoms with Crippen LogP contribution in [-0.4, -0.2) is 11.8 Å². The summed E-state index contributed by atoms with van der Waals surface area (Å²) in [6.45, 7) is 2.80. The second-order valence-electron chi connectivity index (χ2n) is 1.49. The average molecular weight is 148 g/mol. The molecule has 0 aromatic carbocycles. The Morgan fingerprint density at radius 2 is 1.44 bits per heavy atom. The molecule has 0 aliphatic heterocycles. The summed E-state index contributed by atoms with van der Waals surface area (Å²) in [5.41, 5.74) is 0. The van der Waals surface area contributed by atoms with E-state index in [0.29, 0.717) is 0 Å². The third kappa shape index (κ3) is 7.37. The van der Waals surface area contributed by atoms with Crippen molar-refractivity contribution in [2.75, 3.05) is 0 Å². The van der Waals surface area contributed by atoms with E-state index in [1.165, 1.54) is 13.8 Å². The van der Waals surface area contributed by atoms with Gasteiger partial charge in [0.2, 0.25) is 11.8 Å². The van der Waals surface area contributed by atoms with Crippen LogP contribution in [0.1, 0.15) is 13.8 Å². The normalized spacial score (nSPS) is 8.22. The van der Waals surface area contributed by atoms with E-state index in [9.17, 15) is 9.59 Å². The summed E-state index contributed by atoms with van der Waals surface area (Å²) in [6, 6.07) is 0. The minimum Gasteiger partial charge on any atom is -0.321 e. The summed E-state index contributed by atoms with van der Waals surface area (Å²) >= 11 is 0. The van der Waals surface area contributed by atoms with Gasteiger partial charge in [-0.2, -0.15) is 0 Å². The van der Waals surface area contributed by atoms with Crippen molar-refractivity contribution in [3.8, 4) is 0 Å². The lowest BCUT2D eigenvalue weighted by atomic mass is 10.8. The molecule has 0 aliphatic carbocycles. The first-order valence-electron chi connectivity index (χ1n) is 2.41. The molecule has 4 nitrogen and oxygen atoms in total. The highest BCUT2D eigenvalue weighted by Crippen LogP contribution is 1.92. The van der Waals surface area contributed by atoms with Gasteiger partial charge in [-0.15, -0.1) is 0 Å². The van der Waals surface area contributed by atoms with Gasteiger partial charge in [0.05, 0.1) is 8.88 Å². The van der Waals surface area contributed by atoms with E-state index in [0.717, 1.165) is 0 Å². The van der Waals surface area contributed by atoms with E-state index in [4.69, 9.17) is 0 Å². The number of amides is 2. The Morgan fingerprint density at radius 3 is 1.67 bits per heavy atom. The zero-order valence-electron chi connectivity index (χ0n) is 5.32. The second-order valence-corrected chi connectivity index (χ2v) is 2.24. The number of carbonyl (C=O) groups excluding carboxylic acids is 2. The molecular weight excluding hydrogens is 139 g/mol. The average Bonchev–Trinajstić information content (AvgIpc) is 1.63. The number of hydrogen-bond donors (Lipinski definition) is 2.